The number of aryl methyl sites for hydroxylation is 2. The van der Waals surface area contributed by atoms with Gasteiger partial charge >= 0.3 is 0 Å². The summed E-state index contributed by atoms with van der Waals surface area (Å²) in [5.74, 6) is 0.797. The van der Waals surface area contributed by atoms with Gasteiger partial charge in [-0.1, -0.05) is 42.5 Å². The zero-order valence-corrected chi connectivity index (χ0v) is 15.4. The molecule has 0 radical (unpaired) electrons. The summed E-state index contributed by atoms with van der Waals surface area (Å²) in [6, 6.07) is 12.9. The van der Waals surface area contributed by atoms with Crippen molar-refractivity contribution in [3.8, 4) is 5.75 Å². The summed E-state index contributed by atoms with van der Waals surface area (Å²) in [6.07, 6.45) is 0. The van der Waals surface area contributed by atoms with E-state index in [1.54, 1.807) is 19.1 Å². The fourth-order valence-electron chi connectivity index (χ4n) is 2.85. The van der Waals surface area contributed by atoms with Gasteiger partial charge < -0.3 is 15.4 Å². The van der Waals surface area contributed by atoms with Crippen molar-refractivity contribution < 1.29 is 9.53 Å². The van der Waals surface area contributed by atoms with E-state index in [1.807, 2.05) is 56.3 Å². The van der Waals surface area contributed by atoms with E-state index in [2.05, 4.69) is 0 Å². The van der Waals surface area contributed by atoms with Crippen molar-refractivity contribution in [3.63, 3.8) is 0 Å². The van der Waals surface area contributed by atoms with Crippen molar-refractivity contribution in [3.05, 3.63) is 64.7 Å². The first-order valence-corrected chi connectivity index (χ1v) is 7.63. The molecular weight excluding hydrogens is 324 g/mol. The maximum atomic E-state index is 12.5. The van der Waals surface area contributed by atoms with E-state index in [-0.39, 0.29) is 18.3 Å². The molecule has 2 rings (SSSR count). The number of carbonyl (C=O) groups excluding carboxylic acids is 1. The molecule has 1 unspecified atom stereocenters. The highest BCUT2D eigenvalue weighted by Gasteiger charge is 2.20. The molecule has 0 aliphatic rings. The summed E-state index contributed by atoms with van der Waals surface area (Å²) < 4.78 is 5.38. The van der Waals surface area contributed by atoms with Gasteiger partial charge in [0.25, 0.3) is 0 Å². The Kier molecular flexibility index (Phi) is 7.26. The molecule has 0 bridgehead atoms. The molecule has 0 heterocycles. The van der Waals surface area contributed by atoms with Crippen molar-refractivity contribution >= 4 is 18.3 Å². The molecule has 0 spiro atoms. The standard InChI is InChI=1S/C19H24N2O2.ClH/c1-13-10-15(11-14(2)18(13)23-4)12-21(3)19(22)17(20)16-8-6-5-7-9-16;/h5-11,17H,12,20H2,1-4H3;1H. The summed E-state index contributed by atoms with van der Waals surface area (Å²) in [5.41, 5.74) is 10.1. The smallest absolute Gasteiger partial charge is 0.244 e. The average molecular weight is 349 g/mol. The first-order valence-electron chi connectivity index (χ1n) is 7.63. The monoisotopic (exact) mass is 348 g/mol. The molecule has 0 saturated heterocycles. The van der Waals surface area contributed by atoms with Crippen LogP contribution < -0.4 is 10.5 Å². The lowest BCUT2D eigenvalue weighted by Gasteiger charge is -2.22. The van der Waals surface area contributed by atoms with Crippen LogP contribution in [-0.4, -0.2) is 25.0 Å². The van der Waals surface area contributed by atoms with E-state index in [0.717, 1.165) is 28.0 Å². The van der Waals surface area contributed by atoms with Crippen LogP contribution >= 0.6 is 12.4 Å². The predicted octanol–water partition coefficient (Wildman–Crippen LogP) is 3.39. The molecule has 0 saturated carbocycles. The molecular formula is C19H25ClN2O2. The SMILES string of the molecule is COc1c(C)cc(CN(C)C(=O)C(N)c2ccccc2)cc1C.Cl. The van der Waals surface area contributed by atoms with Crippen molar-refractivity contribution in [2.75, 3.05) is 14.2 Å². The van der Waals surface area contributed by atoms with Gasteiger partial charge in [0.1, 0.15) is 11.8 Å². The quantitative estimate of drug-likeness (QED) is 0.901. The minimum Gasteiger partial charge on any atom is -0.496 e. The largest absolute Gasteiger partial charge is 0.496 e. The normalized spacial score (nSPS) is 11.4. The number of amides is 1. The van der Waals surface area contributed by atoms with Crippen molar-refractivity contribution in [2.24, 2.45) is 5.73 Å². The van der Waals surface area contributed by atoms with Crippen LogP contribution in [0.25, 0.3) is 0 Å². The summed E-state index contributed by atoms with van der Waals surface area (Å²) in [5, 5.41) is 0. The molecule has 0 aliphatic carbocycles. The molecule has 2 aromatic rings. The zero-order valence-electron chi connectivity index (χ0n) is 14.6. The number of rotatable bonds is 5. The van der Waals surface area contributed by atoms with Gasteiger partial charge in [-0.25, -0.2) is 0 Å². The van der Waals surface area contributed by atoms with Crippen LogP contribution in [0.5, 0.6) is 5.75 Å². The minimum atomic E-state index is -0.637. The molecule has 1 atom stereocenters. The molecule has 4 nitrogen and oxygen atoms in total. The van der Waals surface area contributed by atoms with Crippen molar-refractivity contribution in [2.45, 2.75) is 26.4 Å². The Labute approximate surface area is 150 Å². The highest BCUT2D eigenvalue weighted by Crippen LogP contribution is 2.25. The number of ether oxygens (including phenoxy) is 1. The number of nitrogens with zero attached hydrogens (tertiary/aromatic N) is 1. The number of hydrogen-bond acceptors (Lipinski definition) is 3. The third-order valence-corrected chi connectivity index (χ3v) is 3.94. The van der Waals surface area contributed by atoms with Crippen LogP contribution in [0.2, 0.25) is 0 Å². The zero-order chi connectivity index (χ0) is 17.0. The fraction of sp³-hybridized carbons (Fsp3) is 0.316. The maximum absolute atomic E-state index is 12.5. The van der Waals surface area contributed by atoms with E-state index in [9.17, 15) is 4.79 Å². The first kappa shape index (κ1) is 20.0. The van der Waals surface area contributed by atoms with Crippen LogP contribution in [0.1, 0.15) is 28.3 Å². The summed E-state index contributed by atoms with van der Waals surface area (Å²) in [7, 11) is 3.45. The Bertz CT molecular complexity index is 666. The van der Waals surface area contributed by atoms with Crippen LogP contribution in [-0.2, 0) is 11.3 Å². The molecule has 0 aliphatic heterocycles. The van der Waals surface area contributed by atoms with E-state index < -0.39 is 6.04 Å². The Morgan fingerprint density at radius 3 is 2.21 bits per heavy atom. The van der Waals surface area contributed by atoms with Gasteiger partial charge in [-0.2, -0.15) is 0 Å². The van der Waals surface area contributed by atoms with Gasteiger partial charge in [0.05, 0.1) is 7.11 Å². The minimum absolute atomic E-state index is 0. The Morgan fingerprint density at radius 2 is 1.71 bits per heavy atom. The van der Waals surface area contributed by atoms with Crippen LogP contribution in [0.3, 0.4) is 0 Å². The number of halogens is 1. The van der Waals surface area contributed by atoms with E-state index in [4.69, 9.17) is 10.5 Å². The van der Waals surface area contributed by atoms with Gasteiger partial charge in [-0.15, -0.1) is 12.4 Å². The lowest BCUT2D eigenvalue weighted by atomic mass is 10.0. The second kappa shape index (κ2) is 8.71. The molecule has 0 fully saturated rings. The average Bonchev–Trinajstić information content (AvgIpc) is 2.54. The lowest BCUT2D eigenvalue weighted by Crippen LogP contribution is -2.35. The number of hydrogen-bond donors (Lipinski definition) is 1. The Morgan fingerprint density at radius 1 is 1.17 bits per heavy atom. The van der Waals surface area contributed by atoms with E-state index in [0.29, 0.717) is 6.54 Å². The number of benzene rings is 2. The molecule has 2 N–H and O–H groups in total. The highest BCUT2D eigenvalue weighted by molar-refractivity contribution is 5.85. The second-order valence-corrected chi connectivity index (χ2v) is 5.85. The van der Waals surface area contributed by atoms with Crippen molar-refractivity contribution in [1.29, 1.82) is 0 Å². The topological polar surface area (TPSA) is 55.6 Å². The number of methoxy groups -OCH3 is 1. The Balaban J connectivity index is 0.00000288. The number of carbonyl (C=O) groups is 1. The van der Waals surface area contributed by atoms with Gasteiger partial charge in [0.2, 0.25) is 5.91 Å². The maximum Gasteiger partial charge on any atom is 0.244 e. The third kappa shape index (κ3) is 4.49. The van der Waals surface area contributed by atoms with Gasteiger partial charge in [-0.3, -0.25) is 4.79 Å². The fourth-order valence-corrected chi connectivity index (χ4v) is 2.85. The van der Waals surface area contributed by atoms with Crippen LogP contribution in [0, 0.1) is 13.8 Å². The third-order valence-electron chi connectivity index (χ3n) is 3.94. The molecule has 2 aromatic carbocycles. The van der Waals surface area contributed by atoms with Crippen LogP contribution in [0.4, 0.5) is 0 Å². The summed E-state index contributed by atoms with van der Waals surface area (Å²) in [4.78, 5) is 14.2. The summed E-state index contributed by atoms with van der Waals surface area (Å²) >= 11 is 0. The second-order valence-electron chi connectivity index (χ2n) is 5.85. The molecule has 0 aromatic heterocycles. The van der Waals surface area contributed by atoms with Crippen molar-refractivity contribution in [1.82, 2.24) is 4.90 Å². The van der Waals surface area contributed by atoms with Gasteiger partial charge in [-0.05, 0) is 36.1 Å². The molecule has 24 heavy (non-hydrogen) atoms. The molecule has 130 valence electrons. The lowest BCUT2D eigenvalue weighted by molar-refractivity contribution is -0.131. The summed E-state index contributed by atoms with van der Waals surface area (Å²) in [6.45, 7) is 4.53. The first-order chi connectivity index (χ1) is 10.9. The predicted molar refractivity (Wildman–Crippen MR) is 99.6 cm³/mol. The Hall–Kier alpha value is -2.04. The van der Waals surface area contributed by atoms with Gasteiger partial charge in [0, 0.05) is 13.6 Å². The number of nitrogens with two attached hydrogens (primary N) is 1. The molecule has 1 amide bonds. The van der Waals surface area contributed by atoms with Crippen LogP contribution in [0.15, 0.2) is 42.5 Å². The number of likely N-dealkylation sites (N-methyl/N-ethyl adjacent to an activating group) is 1. The molecule has 5 heteroatoms. The van der Waals surface area contributed by atoms with E-state index in [1.165, 1.54) is 0 Å². The highest BCUT2D eigenvalue weighted by atomic mass is 35.5. The van der Waals surface area contributed by atoms with Gasteiger partial charge in [0.15, 0.2) is 0 Å². The van der Waals surface area contributed by atoms with E-state index >= 15 is 0 Å².